The molecule has 1 aliphatic carbocycles. The fraction of sp³-hybridized carbons (Fsp3) is 0.538. The first-order valence-electron chi connectivity index (χ1n) is 11.9. The second-order valence-electron chi connectivity index (χ2n) is 9.56. The molecule has 4 atom stereocenters. The quantitative estimate of drug-likeness (QED) is 0.679. The Morgan fingerprint density at radius 3 is 2.55 bits per heavy atom. The van der Waals surface area contributed by atoms with E-state index < -0.39 is 6.04 Å². The van der Waals surface area contributed by atoms with Crippen molar-refractivity contribution >= 4 is 5.97 Å². The molecular formula is C26H32N2O5. The van der Waals surface area contributed by atoms with E-state index in [4.69, 9.17) is 9.47 Å². The zero-order chi connectivity index (χ0) is 23.1. The number of carbonyl (C=O) groups excluding carboxylic acids is 1. The van der Waals surface area contributed by atoms with Gasteiger partial charge in [0.05, 0.1) is 25.8 Å². The fourth-order valence-corrected chi connectivity index (χ4v) is 6.46. The summed E-state index contributed by atoms with van der Waals surface area (Å²) in [7, 11) is 3.02. The average molecular weight is 453 g/mol. The Labute approximate surface area is 193 Å². The standard InChI is InChI=1S/C26H32N2O5/c1-32-22-10-6-5-9-17(22)18-11-12-21-23-19(14-27(21)25(18)30)20(15-29)24(26(31)33-2)28(23)13-16-7-3-4-8-16/h5-6,9-12,16,19-20,23-24,29H,3-4,7-8,13-15H2,1-2H3/t19-,20-,23+,24-/m1/s1. The van der Waals surface area contributed by atoms with Crippen LogP contribution in [0.1, 0.15) is 37.4 Å². The van der Waals surface area contributed by atoms with Crippen molar-refractivity contribution < 1.29 is 19.4 Å². The lowest BCUT2D eigenvalue weighted by Gasteiger charge is -2.32. The summed E-state index contributed by atoms with van der Waals surface area (Å²) in [4.78, 5) is 28.7. The summed E-state index contributed by atoms with van der Waals surface area (Å²) in [5, 5.41) is 10.3. The molecule has 1 aromatic heterocycles. The number of benzene rings is 1. The second-order valence-corrected chi connectivity index (χ2v) is 9.56. The van der Waals surface area contributed by atoms with Gasteiger partial charge in [-0.3, -0.25) is 14.5 Å². The van der Waals surface area contributed by atoms with Crippen molar-refractivity contribution in [1.82, 2.24) is 9.47 Å². The molecule has 3 aliphatic rings. The van der Waals surface area contributed by atoms with Crippen molar-refractivity contribution in [2.75, 3.05) is 27.4 Å². The Morgan fingerprint density at radius 1 is 1.09 bits per heavy atom. The molecule has 7 nitrogen and oxygen atoms in total. The van der Waals surface area contributed by atoms with Crippen LogP contribution in [0.25, 0.3) is 11.1 Å². The maximum Gasteiger partial charge on any atom is 0.323 e. The normalized spacial score (nSPS) is 26.9. The predicted molar refractivity (Wildman–Crippen MR) is 124 cm³/mol. The van der Waals surface area contributed by atoms with Gasteiger partial charge in [-0.25, -0.2) is 0 Å². The molecule has 0 radical (unpaired) electrons. The van der Waals surface area contributed by atoms with Crippen LogP contribution in [0.3, 0.4) is 0 Å². The molecule has 176 valence electrons. The van der Waals surface area contributed by atoms with Crippen LogP contribution in [-0.2, 0) is 16.1 Å². The lowest BCUT2D eigenvalue weighted by atomic mass is 9.88. The van der Waals surface area contributed by atoms with Gasteiger partial charge in [0.25, 0.3) is 5.56 Å². The first-order chi connectivity index (χ1) is 16.1. The first kappa shape index (κ1) is 22.2. The Balaban J connectivity index is 1.57. The second kappa shape index (κ2) is 8.95. The molecule has 2 aromatic rings. The predicted octanol–water partition coefficient (Wildman–Crippen LogP) is 2.85. The van der Waals surface area contributed by atoms with E-state index in [0.29, 0.717) is 23.8 Å². The van der Waals surface area contributed by atoms with Gasteiger partial charge < -0.3 is 19.1 Å². The van der Waals surface area contributed by atoms with Gasteiger partial charge in [0, 0.05) is 42.8 Å². The number of nitrogens with zero attached hydrogens (tertiary/aromatic N) is 2. The summed E-state index contributed by atoms with van der Waals surface area (Å²) < 4.78 is 12.5. The van der Waals surface area contributed by atoms with Crippen LogP contribution in [0.2, 0.25) is 0 Å². The van der Waals surface area contributed by atoms with Gasteiger partial charge in [-0.1, -0.05) is 31.0 Å². The minimum atomic E-state index is -0.478. The Kier molecular flexibility index (Phi) is 6.01. The van der Waals surface area contributed by atoms with Crippen LogP contribution >= 0.6 is 0 Å². The molecule has 0 spiro atoms. The van der Waals surface area contributed by atoms with Gasteiger partial charge in [0.1, 0.15) is 11.8 Å². The summed E-state index contributed by atoms with van der Waals surface area (Å²) in [5.74, 6) is 0.624. The summed E-state index contributed by atoms with van der Waals surface area (Å²) in [6.45, 7) is 1.17. The molecule has 1 saturated heterocycles. The Bertz CT molecular complexity index is 1090. The number of pyridine rings is 1. The number of fused-ring (bicyclic) bond motifs is 3. The number of carbonyl (C=O) groups is 1. The van der Waals surface area contributed by atoms with E-state index in [1.807, 2.05) is 41.0 Å². The summed E-state index contributed by atoms with van der Waals surface area (Å²) in [5.41, 5.74) is 2.24. The molecule has 2 aliphatic heterocycles. The van der Waals surface area contributed by atoms with Gasteiger partial charge in [-0.2, -0.15) is 0 Å². The number of likely N-dealkylation sites (tertiary alicyclic amines) is 1. The average Bonchev–Trinajstić information content (AvgIpc) is 3.55. The molecular weight excluding hydrogens is 420 g/mol. The van der Waals surface area contributed by atoms with Crippen molar-refractivity contribution in [3.63, 3.8) is 0 Å². The number of aliphatic hydroxyl groups excluding tert-OH is 1. The minimum absolute atomic E-state index is 0.0129. The molecule has 1 saturated carbocycles. The van der Waals surface area contributed by atoms with E-state index >= 15 is 0 Å². The summed E-state index contributed by atoms with van der Waals surface area (Å²) in [6, 6.07) is 10.9. The Hall–Kier alpha value is -2.64. The van der Waals surface area contributed by atoms with Crippen molar-refractivity contribution in [2.24, 2.45) is 17.8 Å². The van der Waals surface area contributed by atoms with Gasteiger partial charge in [-0.05, 0) is 37.0 Å². The maximum atomic E-state index is 13.6. The molecule has 33 heavy (non-hydrogen) atoms. The van der Waals surface area contributed by atoms with Crippen molar-refractivity contribution in [2.45, 2.75) is 44.3 Å². The van der Waals surface area contributed by atoms with E-state index in [-0.39, 0.29) is 36.0 Å². The lowest BCUT2D eigenvalue weighted by Crippen LogP contribution is -2.45. The number of ether oxygens (including phenoxy) is 2. The molecule has 0 unspecified atom stereocenters. The van der Waals surface area contributed by atoms with Crippen LogP contribution in [0.5, 0.6) is 5.75 Å². The first-order valence-corrected chi connectivity index (χ1v) is 11.9. The fourth-order valence-electron chi connectivity index (χ4n) is 6.46. The highest BCUT2D eigenvalue weighted by Gasteiger charge is 2.56. The van der Waals surface area contributed by atoms with E-state index in [2.05, 4.69) is 4.90 Å². The SMILES string of the molecule is COC(=O)[C@H]1[C@H](CO)[C@H]2Cn3c(ccc(-c4ccccc4OC)c3=O)[C@H]2N1CC1CCCC1. The third-order valence-corrected chi connectivity index (χ3v) is 7.97. The van der Waals surface area contributed by atoms with Crippen LogP contribution in [0.15, 0.2) is 41.2 Å². The molecule has 1 N–H and O–H groups in total. The van der Waals surface area contributed by atoms with Crippen molar-refractivity contribution in [1.29, 1.82) is 0 Å². The van der Waals surface area contributed by atoms with Crippen LogP contribution in [0.4, 0.5) is 0 Å². The molecule has 2 fully saturated rings. The highest BCUT2D eigenvalue weighted by molar-refractivity contribution is 5.77. The number of aromatic nitrogens is 1. The number of rotatable bonds is 6. The Morgan fingerprint density at radius 2 is 1.85 bits per heavy atom. The van der Waals surface area contributed by atoms with Crippen LogP contribution < -0.4 is 10.3 Å². The number of aliphatic hydroxyl groups is 1. The topological polar surface area (TPSA) is 81.0 Å². The number of esters is 1. The van der Waals surface area contributed by atoms with E-state index in [9.17, 15) is 14.7 Å². The molecule has 0 amide bonds. The maximum absolute atomic E-state index is 13.6. The molecule has 0 bridgehead atoms. The largest absolute Gasteiger partial charge is 0.496 e. The number of hydrogen-bond acceptors (Lipinski definition) is 6. The van der Waals surface area contributed by atoms with Gasteiger partial charge in [0.15, 0.2) is 0 Å². The van der Waals surface area contributed by atoms with Gasteiger partial charge in [-0.15, -0.1) is 0 Å². The number of hydrogen-bond donors (Lipinski definition) is 1. The zero-order valence-corrected chi connectivity index (χ0v) is 19.3. The highest BCUT2D eigenvalue weighted by Crippen LogP contribution is 2.50. The molecule has 5 rings (SSSR count). The molecule has 7 heteroatoms. The van der Waals surface area contributed by atoms with Crippen molar-refractivity contribution in [3.05, 3.63) is 52.4 Å². The van der Waals surface area contributed by atoms with E-state index in [0.717, 1.165) is 30.6 Å². The van der Waals surface area contributed by atoms with Crippen LogP contribution in [0, 0.1) is 17.8 Å². The molecule has 1 aromatic carbocycles. The molecule has 3 heterocycles. The highest BCUT2D eigenvalue weighted by atomic mass is 16.5. The zero-order valence-electron chi connectivity index (χ0n) is 19.3. The third kappa shape index (κ3) is 3.58. The lowest BCUT2D eigenvalue weighted by molar-refractivity contribution is -0.148. The monoisotopic (exact) mass is 452 g/mol. The smallest absolute Gasteiger partial charge is 0.323 e. The summed E-state index contributed by atoms with van der Waals surface area (Å²) >= 11 is 0. The van der Waals surface area contributed by atoms with Crippen molar-refractivity contribution in [3.8, 4) is 16.9 Å². The van der Waals surface area contributed by atoms with Gasteiger partial charge in [0.2, 0.25) is 0 Å². The minimum Gasteiger partial charge on any atom is -0.496 e. The van der Waals surface area contributed by atoms with E-state index in [1.54, 1.807) is 7.11 Å². The number of para-hydroxylation sites is 1. The van der Waals surface area contributed by atoms with E-state index in [1.165, 1.54) is 20.0 Å². The van der Waals surface area contributed by atoms with Crippen LogP contribution in [-0.4, -0.2) is 54.0 Å². The number of methoxy groups -OCH3 is 2. The summed E-state index contributed by atoms with van der Waals surface area (Å²) in [6.07, 6.45) is 4.75. The van der Waals surface area contributed by atoms with Gasteiger partial charge >= 0.3 is 5.97 Å². The third-order valence-electron chi connectivity index (χ3n) is 7.97.